The molecule has 5 aromatic heterocycles. The molecular formula is C52H35N5OPt-2. The van der Waals surface area contributed by atoms with Gasteiger partial charge >= 0.3 is 0 Å². The van der Waals surface area contributed by atoms with Gasteiger partial charge < -0.3 is 18.3 Å². The third kappa shape index (κ3) is 5.36. The van der Waals surface area contributed by atoms with Crippen molar-refractivity contribution in [1.82, 2.24) is 18.5 Å². The number of imidazole rings is 1. The van der Waals surface area contributed by atoms with E-state index in [1.807, 2.05) is 30.5 Å². The van der Waals surface area contributed by atoms with Crippen LogP contribution in [0.2, 0.25) is 0 Å². The summed E-state index contributed by atoms with van der Waals surface area (Å²) in [6.45, 7) is 6.67. The predicted octanol–water partition coefficient (Wildman–Crippen LogP) is 12.0. The Kier molecular flexibility index (Phi) is 7.88. The van der Waals surface area contributed by atoms with Crippen molar-refractivity contribution >= 4 is 70.9 Å². The third-order valence-corrected chi connectivity index (χ3v) is 11.6. The number of ether oxygens (including phenoxy) is 1. The molecule has 0 saturated carbocycles. The monoisotopic (exact) mass is 940 g/mol. The maximum Gasteiger partial charge on any atom is 0.268 e. The Labute approximate surface area is 354 Å². The van der Waals surface area contributed by atoms with Gasteiger partial charge in [-0.05, 0) is 64.5 Å². The molecule has 0 unspecified atom stereocenters. The molecule has 0 atom stereocenters. The number of aromatic nitrogens is 5. The molecule has 0 N–H and O–H groups in total. The summed E-state index contributed by atoms with van der Waals surface area (Å²) in [6, 6.07) is 60.4. The first-order valence-corrected chi connectivity index (χ1v) is 19.6. The number of benzene rings is 7. The van der Waals surface area contributed by atoms with Gasteiger partial charge in [0.15, 0.2) is 0 Å². The zero-order valence-electron chi connectivity index (χ0n) is 32.5. The summed E-state index contributed by atoms with van der Waals surface area (Å²) in [5, 5.41) is 7.16. The molecule has 0 aliphatic rings. The van der Waals surface area contributed by atoms with Gasteiger partial charge in [-0.1, -0.05) is 105 Å². The smallest absolute Gasteiger partial charge is 0.268 e. The van der Waals surface area contributed by atoms with Gasteiger partial charge in [0, 0.05) is 65.8 Å². The number of nitrogens with zero attached hydrogens (tertiary/aromatic N) is 5. The minimum absolute atomic E-state index is 0. The average Bonchev–Trinajstić information content (AvgIpc) is 3.99. The largest absolute Gasteiger partial charge is 0.510 e. The minimum atomic E-state index is -0.0188. The average molecular weight is 941 g/mol. The van der Waals surface area contributed by atoms with E-state index in [2.05, 4.69) is 185 Å². The van der Waals surface area contributed by atoms with Crippen molar-refractivity contribution in [2.75, 3.05) is 0 Å². The van der Waals surface area contributed by atoms with Crippen LogP contribution in [0.25, 0.3) is 88.1 Å². The topological polar surface area (TPSA) is 40.3 Å². The first-order chi connectivity index (χ1) is 28.4. The second-order valence-corrected chi connectivity index (χ2v) is 16.1. The maximum atomic E-state index is 6.59. The second kappa shape index (κ2) is 13.1. The molecule has 12 aromatic rings. The molecule has 0 bridgehead atoms. The zero-order chi connectivity index (χ0) is 38.7. The molecule has 7 heteroatoms. The fourth-order valence-corrected chi connectivity index (χ4v) is 8.92. The maximum absolute atomic E-state index is 6.59. The Morgan fingerprint density at radius 1 is 0.576 bits per heavy atom. The molecule has 0 fully saturated rings. The molecule has 59 heavy (non-hydrogen) atoms. The van der Waals surface area contributed by atoms with Gasteiger partial charge in [-0.2, -0.15) is 18.2 Å². The van der Waals surface area contributed by atoms with Crippen molar-refractivity contribution in [1.29, 1.82) is 0 Å². The Balaban J connectivity index is 0.00000397. The molecule has 5 heterocycles. The third-order valence-electron chi connectivity index (χ3n) is 11.6. The van der Waals surface area contributed by atoms with Gasteiger partial charge in [-0.3, -0.25) is 4.57 Å². The van der Waals surface area contributed by atoms with Crippen LogP contribution in [0.3, 0.4) is 0 Å². The molecule has 6 nitrogen and oxygen atoms in total. The molecule has 0 saturated heterocycles. The molecule has 0 radical (unpaired) electrons. The summed E-state index contributed by atoms with van der Waals surface area (Å²) in [5.74, 6) is 2.03. The van der Waals surface area contributed by atoms with Crippen molar-refractivity contribution in [2.45, 2.75) is 26.2 Å². The van der Waals surface area contributed by atoms with Crippen molar-refractivity contribution in [3.8, 4) is 28.7 Å². The van der Waals surface area contributed by atoms with Crippen LogP contribution in [0, 0.1) is 18.5 Å². The minimum Gasteiger partial charge on any atom is -0.510 e. The molecule has 0 spiro atoms. The van der Waals surface area contributed by atoms with E-state index >= 15 is 0 Å². The van der Waals surface area contributed by atoms with E-state index in [1.54, 1.807) is 0 Å². The Morgan fingerprint density at radius 3 is 1.92 bits per heavy atom. The number of hydrogen-bond acceptors (Lipinski definition) is 2. The Bertz CT molecular complexity index is 3520. The van der Waals surface area contributed by atoms with Gasteiger partial charge in [-0.15, -0.1) is 29.7 Å². The van der Waals surface area contributed by atoms with Crippen molar-refractivity contribution in [3.05, 3.63) is 182 Å². The first-order valence-electron chi connectivity index (χ1n) is 19.6. The summed E-state index contributed by atoms with van der Waals surface area (Å²) in [6.07, 6.45) is 5.61. The standard InChI is InChI=1S/C52H35N5O.Pt/c1-52(2,3)33-25-26-53-50(27-33)56-44-18-7-4-15-38(44)41-24-23-37(31-49(41)56)58-36-14-12-13-34(28-36)54-32-55(48-22-11-10-21-47(48)54)35-29-42-39-16-5-8-19-45(39)57-46-20-9-6-17-40(46)43(30-35)51(42)57;/h4-27,29-30H,1-3H3;/q-2;. The Morgan fingerprint density at radius 2 is 1.20 bits per heavy atom. The van der Waals surface area contributed by atoms with Crippen LogP contribution < -0.4 is 9.30 Å². The summed E-state index contributed by atoms with van der Waals surface area (Å²) in [7, 11) is 0. The summed E-state index contributed by atoms with van der Waals surface area (Å²) >= 11 is 0. The Hall–Kier alpha value is -6.75. The van der Waals surface area contributed by atoms with E-state index in [0.717, 1.165) is 50.0 Å². The predicted molar refractivity (Wildman–Crippen MR) is 233 cm³/mol. The first kappa shape index (κ1) is 35.4. The molecule has 7 aromatic carbocycles. The zero-order valence-corrected chi connectivity index (χ0v) is 34.7. The van der Waals surface area contributed by atoms with E-state index in [-0.39, 0.29) is 26.5 Å². The molecule has 286 valence electrons. The number of hydrogen-bond donors (Lipinski definition) is 0. The molecule has 0 aliphatic carbocycles. The van der Waals surface area contributed by atoms with Crippen LogP contribution in [0.1, 0.15) is 26.3 Å². The van der Waals surface area contributed by atoms with Crippen LogP contribution in [-0.4, -0.2) is 18.5 Å². The van der Waals surface area contributed by atoms with Crippen molar-refractivity contribution < 1.29 is 30.4 Å². The molecule has 0 amide bonds. The number of para-hydroxylation sites is 5. The summed E-state index contributed by atoms with van der Waals surface area (Å²) in [4.78, 5) is 4.84. The second-order valence-electron chi connectivity index (χ2n) is 16.1. The van der Waals surface area contributed by atoms with Crippen molar-refractivity contribution in [3.63, 3.8) is 0 Å². The number of rotatable bonds is 5. The fourth-order valence-electron chi connectivity index (χ4n) is 8.92. The SMILES string of the molecule is CC(C)(C)c1ccnc(-n2c3[c-]c(Oc4[c-]c(-n5[c-][n+](-c6cc7c8ccccc8n8c9ccccc9c(c6)c78)c6ccccc65)ccc4)ccc3c3ccccc32)c1.[Pt]. The van der Waals surface area contributed by atoms with Gasteiger partial charge in [-0.25, -0.2) is 4.98 Å². The van der Waals surface area contributed by atoms with Crippen LogP contribution in [0.4, 0.5) is 0 Å². The fraction of sp³-hybridized carbons (Fsp3) is 0.0769. The van der Waals surface area contributed by atoms with E-state index in [1.165, 1.54) is 43.7 Å². The molecular weight excluding hydrogens is 906 g/mol. The summed E-state index contributed by atoms with van der Waals surface area (Å²) < 4.78 is 15.4. The quantitative estimate of drug-likeness (QED) is 0.127. The van der Waals surface area contributed by atoms with Crippen molar-refractivity contribution in [2.24, 2.45) is 0 Å². The summed E-state index contributed by atoms with van der Waals surface area (Å²) in [5.41, 5.74) is 10.8. The molecule has 0 aliphatic heterocycles. The van der Waals surface area contributed by atoms with E-state index in [4.69, 9.17) is 9.72 Å². The van der Waals surface area contributed by atoms with Gasteiger partial charge in [0.2, 0.25) is 0 Å². The van der Waals surface area contributed by atoms with Gasteiger partial charge in [0.1, 0.15) is 5.82 Å². The van der Waals surface area contributed by atoms with Gasteiger partial charge in [0.25, 0.3) is 6.33 Å². The normalized spacial score (nSPS) is 12.2. The van der Waals surface area contributed by atoms with E-state index in [0.29, 0.717) is 11.5 Å². The van der Waals surface area contributed by atoms with Crippen LogP contribution in [0.15, 0.2) is 158 Å². The van der Waals surface area contributed by atoms with Crippen LogP contribution >= 0.6 is 0 Å². The van der Waals surface area contributed by atoms with Gasteiger partial charge in [0.05, 0.1) is 33.3 Å². The van der Waals surface area contributed by atoms with Crippen LogP contribution in [0.5, 0.6) is 11.5 Å². The van der Waals surface area contributed by atoms with Crippen LogP contribution in [-0.2, 0) is 26.5 Å². The number of fused-ring (bicyclic) bond motifs is 10. The van der Waals surface area contributed by atoms with E-state index in [9.17, 15) is 0 Å². The number of pyridine rings is 1. The molecule has 12 rings (SSSR count). The van der Waals surface area contributed by atoms with E-state index < -0.39 is 0 Å².